The van der Waals surface area contributed by atoms with E-state index in [1.54, 1.807) is 11.3 Å². The molecule has 0 aliphatic carbocycles. The Kier molecular flexibility index (Phi) is 3.67. The normalized spacial score (nSPS) is 12.7. The first-order valence-electron chi connectivity index (χ1n) is 5.40. The Bertz CT molecular complexity index is 456. The van der Waals surface area contributed by atoms with Crippen LogP contribution in [0.25, 0.3) is 0 Å². The second kappa shape index (κ2) is 5.03. The summed E-state index contributed by atoms with van der Waals surface area (Å²) in [5, 5.41) is 2.21. The highest BCUT2D eigenvalue weighted by molar-refractivity contribution is 7.10. The monoisotopic (exact) mass is 250 g/mol. The third-order valence-corrected chi connectivity index (χ3v) is 4.36. The summed E-state index contributed by atoms with van der Waals surface area (Å²) in [5.41, 5.74) is 3.90. The van der Waals surface area contributed by atoms with Gasteiger partial charge >= 0.3 is 0 Å². The maximum absolute atomic E-state index is 6.44. The van der Waals surface area contributed by atoms with Gasteiger partial charge in [-0.2, -0.15) is 0 Å². The zero-order valence-corrected chi connectivity index (χ0v) is 11.1. The van der Waals surface area contributed by atoms with E-state index in [-0.39, 0.29) is 5.38 Å². The highest BCUT2D eigenvalue weighted by Gasteiger charge is 2.12. The van der Waals surface area contributed by atoms with Crippen LogP contribution < -0.4 is 0 Å². The van der Waals surface area contributed by atoms with Gasteiger partial charge in [-0.05, 0) is 42.8 Å². The third kappa shape index (κ3) is 2.66. The molecule has 0 radical (unpaired) electrons. The van der Waals surface area contributed by atoms with E-state index in [1.165, 1.54) is 21.6 Å². The van der Waals surface area contributed by atoms with Gasteiger partial charge in [-0.15, -0.1) is 22.9 Å². The molecule has 1 aromatic heterocycles. The molecule has 0 saturated carbocycles. The quantitative estimate of drug-likeness (QED) is 0.681. The van der Waals surface area contributed by atoms with E-state index in [4.69, 9.17) is 11.6 Å². The van der Waals surface area contributed by atoms with Crippen LogP contribution in [0.5, 0.6) is 0 Å². The highest BCUT2D eigenvalue weighted by atomic mass is 35.5. The van der Waals surface area contributed by atoms with Crippen molar-refractivity contribution in [1.82, 2.24) is 0 Å². The second-order valence-electron chi connectivity index (χ2n) is 4.13. The lowest BCUT2D eigenvalue weighted by atomic mass is 10.1. The van der Waals surface area contributed by atoms with Crippen LogP contribution in [-0.2, 0) is 6.42 Å². The minimum absolute atomic E-state index is 0.0997. The summed E-state index contributed by atoms with van der Waals surface area (Å²) in [5.74, 6) is 0. The molecule has 0 aliphatic heterocycles. The second-order valence-corrected chi connectivity index (χ2v) is 5.60. The zero-order chi connectivity index (χ0) is 11.5. The zero-order valence-electron chi connectivity index (χ0n) is 9.53. The fourth-order valence-electron chi connectivity index (χ4n) is 1.73. The Morgan fingerprint density at radius 3 is 2.38 bits per heavy atom. The van der Waals surface area contributed by atoms with Gasteiger partial charge in [-0.3, -0.25) is 0 Å². The molecule has 0 nitrogen and oxygen atoms in total. The van der Waals surface area contributed by atoms with E-state index in [0.717, 1.165) is 6.42 Å². The molecular formula is C14H15ClS. The smallest absolute Gasteiger partial charge is 0.0721 e. The van der Waals surface area contributed by atoms with Crippen molar-refractivity contribution in [2.24, 2.45) is 0 Å². The minimum atomic E-state index is 0.0997. The molecular weight excluding hydrogens is 236 g/mol. The van der Waals surface area contributed by atoms with E-state index in [9.17, 15) is 0 Å². The van der Waals surface area contributed by atoms with Gasteiger partial charge in [0.1, 0.15) is 0 Å². The first-order valence-corrected chi connectivity index (χ1v) is 6.72. The lowest BCUT2D eigenvalue weighted by molar-refractivity contribution is 0.931. The number of alkyl halides is 1. The van der Waals surface area contributed by atoms with Crippen LogP contribution in [0.4, 0.5) is 0 Å². The predicted molar refractivity (Wildman–Crippen MR) is 72.5 cm³/mol. The topological polar surface area (TPSA) is 0 Å². The molecule has 84 valence electrons. The average Bonchev–Trinajstić information content (AvgIpc) is 2.68. The first-order chi connectivity index (χ1) is 7.66. The van der Waals surface area contributed by atoms with E-state index < -0.39 is 0 Å². The molecule has 2 rings (SSSR count). The number of hydrogen-bond acceptors (Lipinski definition) is 1. The van der Waals surface area contributed by atoms with Gasteiger partial charge in [0.2, 0.25) is 0 Å². The first kappa shape index (κ1) is 11.7. The summed E-state index contributed by atoms with van der Waals surface area (Å²) in [4.78, 5) is 1.29. The van der Waals surface area contributed by atoms with Crippen molar-refractivity contribution >= 4 is 22.9 Å². The fraction of sp³-hybridized carbons (Fsp3) is 0.286. The number of benzene rings is 1. The lowest BCUT2D eigenvalue weighted by Crippen LogP contribution is -1.95. The molecule has 1 atom stereocenters. The maximum Gasteiger partial charge on any atom is 0.0721 e. The summed E-state index contributed by atoms with van der Waals surface area (Å²) in [6.45, 7) is 4.22. The van der Waals surface area contributed by atoms with Crippen LogP contribution in [0.15, 0.2) is 35.7 Å². The molecule has 1 aromatic carbocycles. The minimum Gasteiger partial charge on any atom is -0.147 e. The summed E-state index contributed by atoms with van der Waals surface area (Å²) in [7, 11) is 0. The third-order valence-electron chi connectivity index (χ3n) is 2.72. The Balaban J connectivity index is 2.10. The van der Waals surface area contributed by atoms with Gasteiger partial charge in [0.15, 0.2) is 0 Å². The molecule has 2 heteroatoms. The van der Waals surface area contributed by atoms with E-state index in [1.807, 2.05) is 0 Å². The molecule has 0 aliphatic rings. The van der Waals surface area contributed by atoms with E-state index in [0.29, 0.717) is 0 Å². The molecule has 0 N–H and O–H groups in total. The van der Waals surface area contributed by atoms with Crippen molar-refractivity contribution < 1.29 is 0 Å². The standard InChI is InChI=1S/C14H15ClS/c1-10-3-5-12(6-4-10)9-13(15)14-11(2)7-8-16-14/h3-8,13H,9H2,1-2H3. The maximum atomic E-state index is 6.44. The summed E-state index contributed by atoms with van der Waals surface area (Å²) < 4.78 is 0. The Labute approximate surface area is 106 Å². The summed E-state index contributed by atoms with van der Waals surface area (Å²) >= 11 is 8.19. The van der Waals surface area contributed by atoms with Gasteiger partial charge < -0.3 is 0 Å². The average molecular weight is 251 g/mol. The number of hydrogen-bond donors (Lipinski definition) is 0. The molecule has 0 bridgehead atoms. The van der Waals surface area contributed by atoms with Gasteiger partial charge in [0, 0.05) is 4.88 Å². The molecule has 0 amide bonds. The number of halogens is 1. The molecule has 0 fully saturated rings. The fourth-order valence-corrected chi connectivity index (χ4v) is 3.14. The van der Waals surface area contributed by atoms with Crippen LogP contribution in [0.2, 0.25) is 0 Å². The van der Waals surface area contributed by atoms with Gasteiger partial charge in [0.05, 0.1) is 5.38 Å². The molecule has 16 heavy (non-hydrogen) atoms. The van der Waals surface area contributed by atoms with Crippen LogP contribution >= 0.6 is 22.9 Å². The largest absolute Gasteiger partial charge is 0.147 e. The van der Waals surface area contributed by atoms with Crippen LogP contribution in [0.3, 0.4) is 0 Å². The van der Waals surface area contributed by atoms with Crippen molar-refractivity contribution in [2.45, 2.75) is 25.6 Å². The van der Waals surface area contributed by atoms with Gasteiger partial charge in [-0.25, -0.2) is 0 Å². The van der Waals surface area contributed by atoms with Crippen molar-refractivity contribution in [3.05, 3.63) is 57.3 Å². The van der Waals surface area contributed by atoms with Crippen molar-refractivity contribution in [3.8, 4) is 0 Å². The molecule has 1 unspecified atom stereocenters. The van der Waals surface area contributed by atoms with Crippen LogP contribution in [-0.4, -0.2) is 0 Å². The van der Waals surface area contributed by atoms with Crippen molar-refractivity contribution in [1.29, 1.82) is 0 Å². The number of aryl methyl sites for hydroxylation is 2. The number of thiophene rings is 1. The van der Waals surface area contributed by atoms with Gasteiger partial charge in [0.25, 0.3) is 0 Å². The van der Waals surface area contributed by atoms with Gasteiger partial charge in [-0.1, -0.05) is 29.8 Å². The Morgan fingerprint density at radius 2 is 1.81 bits per heavy atom. The molecule has 0 saturated heterocycles. The van der Waals surface area contributed by atoms with Crippen LogP contribution in [0, 0.1) is 13.8 Å². The van der Waals surface area contributed by atoms with Crippen molar-refractivity contribution in [2.75, 3.05) is 0 Å². The molecule has 1 heterocycles. The highest BCUT2D eigenvalue weighted by Crippen LogP contribution is 2.31. The predicted octanol–water partition coefficient (Wildman–Crippen LogP) is 4.89. The Morgan fingerprint density at radius 1 is 1.12 bits per heavy atom. The van der Waals surface area contributed by atoms with Crippen molar-refractivity contribution in [3.63, 3.8) is 0 Å². The SMILES string of the molecule is Cc1ccc(CC(Cl)c2sccc2C)cc1. The summed E-state index contributed by atoms with van der Waals surface area (Å²) in [6.07, 6.45) is 0.906. The van der Waals surface area contributed by atoms with E-state index in [2.05, 4.69) is 49.6 Å². The number of rotatable bonds is 3. The Hall–Kier alpha value is -0.790. The summed E-state index contributed by atoms with van der Waals surface area (Å²) in [6, 6.07) is 10.7. The molecule has 0 spiro atoms. The van der Waals surface area contributed by atoms with Crippen LogP contribution in [0.1, 0.15) is 26.9 Å². The van der Waals surface area contributed by atoms with E-state index >= 15 is 0 Å². The lowest BCUT2D eigenvalue weighted by Gasteiger charge is -2.09. The molecule has 2 aromatic rings.